The Morgan fingerprint density at radius 2 is 2.11 bits per heavy atom. The van der Waals surface area contributed by atoms with Crippen LogP contribution in [0.2, 0.25) is 0 Å². The molecule has 1 aromatic rings. The third-order valence-corrected chi connectivity index (χ3v) is 3.45. The summed E-state index contributed by atoms with van der Waals surface area (Å²) in [5.41, 5.74) is 1.10. The van der Waals surface area contributed by atoms with Gasteiger partial charge in [0.15, 0.2) is 0 Å². The number of nitrogens with zero attached hydrogens (tertiary/aromatic N) is 1. The van der Waals surface area contributed by atoms with E-state index in [1.165, 1.54) is 0 Å². The van der Waals surface area contributed by atoms with Crippen LogP contribution in [-0.4, -0.2) is 28.4 Å². The predicted octanol–water partition coefficient (Wildman–Crippen LogP) is 2.24. The summed E-state index contributed by atoms with van der Waals surface area (Å²) < 4.78 is 0. The molecule has 4 nitrogen and oxygen atoms in total. The van der Waals surface area contributed by atoms with Crippen LogP contribution in [0.25, 0.3) is 0 Å². The van der Waals surface area contributed by atoms with E-state index in [1.807, 2.05) is 42.2 Å². The molecule has 0 spiro atoms. The summed E-state index contributed by atoms with van der Waals surface area (Å²) in [6, 6.07) is 9.87. The number of hydrogen-bond acceptors (Lipinski definition) is 2. The summed E-state index contributed by atoms with van der Waals surface area (Å²) >= 11 is 0. The van der Waals surface area contributed by atoms with Gasteiger partial charge in [-0.05, 0) is 12.5 Å². The van der Waals surface area contributed by atoms with Gasteiger partial charge in [0.05, 0.1) is 6.04 Å². The van der Waals surface area contributed by atoms with Crippen molar-refractivity contribution in [3.05, 3.63) is 48.0 Å². The maximum Gasteiger partial charge on any atom is 0.327 e. The number of amides is 1. The highest BCUT2D eigenvalue weighted by molar-refractivity contribution is 5.81. The Morgan fingerprint density at radius 3 is 2.74 bits per heavy atom. The van der Waals surface area contributed by atoms with E-state index in [1.54, 1.807) is 6.08 Å². The van der Waals surface area contributed by atoms with Crippen LogP contribution in [0.3, 0.4) is 0 Å². The number of hydrogen-bond donors (Lipinski definition) is 1. The Balaban J connectivity index is 2.06. The number of aliphatic carboxylic acids is 1. The van der Waals surface area contributed by atoms with Crippen molar-refractivity contribution in [1.29, 1.82) is 0 Å². The fraction of sp³-hybridized carbons (Fsp3) is 0.333. The Bertz CT molecular complexity index is 495. The predicted molar refractivity (Wildman–Crippen MR) is 71.5 cm³/mol. The van der Waals surface area contributed by atoms with Crippen LogP contribution in [0.15, 0.2) is 42.5 Å². The van der Waals surface area contributed by atoms with Crippen molar-refractivity contribution in [3.63, 3.8) is 0 Å². The average molecular weight is 259 g/mol. The Kier molecular flexibility index (Phi) is 4.00. The molecule has 1 fully saturated rings. The van der Waals surface area contributed by atoms with Crippen molar-refractivity contribution in [1.82, 2.24) is 4.90 Å². The summed E-state index contributed by atoms with van der Waals surface area (Å²) in [5.74, 6) is -0.895. The van der Waals surface area contributed by atoms with Crippen molar-refractivity contribution in [3.8, 4) is 0 Å². The van der Waals surface area contributed by atoms with Crippen molar-refractivity contribution >= 4 is 11.9 Å². The number of carbonyl (C=O) groups excluding carboxylic acids is 1. The van der Waals surface area contributed by atoms with Crippen LogP contribution < -0.4 is 0 Å². The first-order valence-electron chi connectivity index (χ1n) is 6.33. The molecule has 0 aliphatic carbocycles. The minimum Gasteiger partial charge on any atom is -0.478 e. The SMILES string of the molecule is C[C@H](c1ccccc1)N1CC(C=CC(=O)O)CC1=O. The third kappa shape index (κ3) is 3.22. The molecule has 2 rings (SSSR count). The molecule has 1 saturated heterocycles. The highest BCUT2D eigenvalue weighted by Gasteiger charge is 2.31. The minimum atomic E-state index is -0.970. The Labute approximate surface area is 112 Å². The molecule has 1 heterocycles. The van der Waals surface area contributed by atoms with Gasteiger partial charge in [-0.15, -0.1) is 0 Å². The molecule has 4 heteroatoms. The molecule has 1 amide bonds. The fourth-order valence-electron chi connectivity index (χ4n) is 2.39. The molecule has 2 atom stereocenters. The molecule has 1 aliphatic heterocycles. The second kappa shape index (κ2) is 5.69. The number of benzene rings is 1. The van der Waals surface area contributed by atoms with E-state index < -0.39 is 5.97 Å². The summed E-state index contributed by atoms with van der Waals surface area (Å²) in [4.78, 5) is 24.3. The van der Waals surface area contributed by atoms with Crippen LogP contribution in [-0.2, 0) is 9.59 Å². The van der Waals surface area contributed by atoms with Crippen LogP contribution in [0.5, 0.6) is 0 Å². The molecule has 0 aromatic heterocycles. The minimum absolute atomic E-state index is 0.00485. The maximum absolute atomic E-state index is 12.0. The molecule has 1 aromatic carbocycles. The first-order valence-corrected chi connectivity index (χ1v) is 6.33. The van der Waals surface area contributed by atoms with E-state index >= 15 is 0 Å². The van der Waals surface area contributed by atoms with E-state index in [2.05, 4.69) is 0 Å². The molecule has 1 N–H and O–H groups in total. The smallest absolute Gasteiger partial charge is 0.327 e. The fourth-order valence-corrected chi connectivity index (χ4v) is 2.39. The highest BCUT2D eigenvalue weighted by atomic mass is 16.4. The van der Waals surface area contributed by atoms with Gasteiger partial charge in [0.1, 0.15) is 0 Å². The van der Waals surface area contributed by atoms with Gasteiger partial charge in [0.25, 0.3) is 0 Å². The van der Waals surface area contributed by atoms with Crippen molar-refractivity contribution in [2.45, 2.75) is 19.4 Å². The monoisotopic (exact) mass is 259 g/mol. The zero-order chi connectivity index (χ0) is 13.8. The van der Waals surface area contributed by atoms with Gasteiger partial charge in [-0.25, -0.2) is 4.79 Å². The zero-order valence-corrected chi connectivity index (χ0v) is 10.8. The lowest BCUT2D eigenvalue weighted by Gasteiger charge is -2.25. The molecule has 0 saturated carbocycles. The average Bonchev–Trinajstić information content (AvgIpc) is 2.78. The molecular weight excluding hydrogens is 242 g/mol. The van der Waals surface area contributed by atoms with E-state index in [0.29, 0.717) is 13.0 Å². The second-order valence-electron chi connectivity index (χ2n) is 4.79. The zero-order valence-electron chi connectivity index (χ0n) is 10.8. The lowest BCUT2D eigenvalue weighted by atomic mass is 10.1. The van der Waals surface area contributed by atoms with Crippen molar-refractivity contribution in [2.24, 2.45) is 5.92 Å². The van der Waals surface area contributed by atoms with E-state index in [4.69, 9.17) is 5.11 Å². The Morgan fingerprint density at radius 1 is 1.42 bits per heavy atom. The van der Waals surface area contributed by atoms with Gasteiger partial charge < -0.3 is 10.0 Å². The molecule has 0 radical (unpaired) electrons. The molecule has 0 bridgehead atoms. The molecule has 1 aliphatic rings. The lowest BCUT2D eigenvalue weighted by molar-refractivity contribution is -0.131. The van der Waals surface area contributed by atoms with Gasteiger partial charge >= 0.3 is 5.97 Å². The normalized spacial score (nSPS) is 21.0. The standard InChI is InChI=1S/C15H17NO3/c1-11(13-5-3-2-4-6-13)16-10-12(9-14(16)17)7-8-15(18)19/h2-8,11-12H,9-10H2,1H3,(H,18,19)/t11-,12?/m1/s1. The first kappa shape index (κ1) is 13.3. The number of likely N-dealkylation sites (tertiary alicyclic amines) is 1. The highest BCUT2D eigenvalue weighted by Crippen LogP contribution is 2.28. The number of carbonyl (C=O) groups is 2. The summed E-state index contributed by atoms with van der Waals surface area (Å²) in [6.07, 6.45) is 3.12. The maximum atomic E-state index is 12.0. The van der Waals surface area contributed by atoms with Crippen LogP contribution in [0, 0.1) is 5.92 Å². The third-order valence-electron chi connectivity index (χ3n) is 3.45. The van der Waals surface area contributed by atoms with Crippen LogP contribution in [0.1, 0.15) is 24.9 Å². The topological polar surface area (TPSA) is 57.6 Å². The van der Waals surface area contributed by atoms with Gasteiger partial charge in [-0.2, -0.15) is 0 Å². The largest absolute Gasteiger partial charge is 0.478 e. The van der Waals surface area contributed by atoms with E-state index in [0.717, 1.165) is 11.6 Å². The molecular formula is C15H17NO3. The Hall–Kier alpha value is -2.10. The van der Waals surface area contributed by atoms with Crippen LogP contribution >= 0.6 is 0 Å². The van der Waals surface area contributed by atoms with E-state index in [-0.39, 0.29) is 17.9 Å². The summed E-state index contributed by atoms with van der Waals surface area (Å²) in [5, 5.41) is 8.61. The molecule has 1 unspecified atom stereocenters. The lowest BCUT2D eigenvalue weighted by Crippen LogP contribution is -2.28. The summed E-state index contributed by atoms with van der Waals surface area (Å²) in [7, 11) is 0. The summed E-state index contributed by atoms with van der Waals surface area (Å²) in [6.45, 7) is 2.58. The second-order valence-corrected chi connectivity index (χ2v) is 4.79. The molecule has 100 valence electrons. The first-order chi connectivity index (χ1) is 9.08. The number of rotatable bonds is 4. The number of carboxylic acids is 1. The quantitative estimate of drug-likeness (QED) is 0.844. The van der Waals surface area contributed by atoms with Crippen molar-refractivity contribution in [2.75, 3.05) is 6.54 Å². The van der Waals surface area contributed by atoms with Crippen LogP contribution in [0.4, 0.5) is 0 Å². The number of carboxylic acid groups (broad SMARTS) is 1. The van der Waals surface area contributed by atoms with Gasteiger partial charge in [0.2, 0.25) is 5.91 Å². The van der Waals surface area contributed by atoms with Crippen molar-refractivity contribution < 1.29 is 14.7 Å². The van der Waals surface area contributed by atoms with Gasteiger partial charge in [-0.1, -0.05) is 36.4 Å². The van der Waals surface area contributed by atoms with Gasteiger partial charge in [0, 0.05) is 25.0 Å². The molecule has 19 heavy (non-hydrogen) atoms. The van der Waals surface area contributed by atoms with E-state index in [9.17, 15) is 9.59 Å². The van der Waals surface area contributed by atoms with Gasteiger partial charge in [-0.3, -0.25) is 4.79 Å².